The number of amides is 2. The molecule has 0 radical (unpaired) electrons. The maximum atomic E-state index is 11.9. The molecule has 0 aromatic heterocycles. The van der Waals surface area contributed by atoms with Gasteiger partial charge in [-0.3, -0.25) is 0 Å². The van der Waals surface area contributed by atoms with Crippen molar-refractivity contribution in [3.63, 3.8) is 0 Å². The minimum Gasteiger partial charge on any atom is -0.480 e. The van der Waals surface area contributed by atoms with Gasteiger partial charge in [-0.05, 0) is 39.0 Å². The summed E-state index contributed by atoms with van der Waals surface area (Å²) in [5.74, 6) is -0.909. The molecule has 90 valence electrons. The summed E-state index contributed by atoms with van der Waals surface area (Å²) in [4.78, 5) is 24.6. The highest BCUT2D eigenvalue weighted by atomic mass is 16.4. The van der Waals surface area contributed by atoms with Gasteiger partial charge in [0.1, 0.15) is 5.54 Å². The van der Waals surface area contributed by atoms with Crippen molar-refractivity contribution in [3.8, 4) is 0 Å². The van der Waals surface area contributed by atoms with Crippen molar-refractivity contribution in [2.75, 3.05) is 6.54 Å². The van der Waals surface area contributed by atoms with E-state index < -0.39 is 11.5 Å². The van der Waals surface area contributed by atoms with Gasteiger partial charge in [0.2, 0.25) is 0 Å². The van der Waals surface area contributed by atoms with E-state index in [0.717, 1.165) is 25.7 Å². The van der Waals surface area contributed by atoms with Crippen LogP contribution in [-0.4, -0.2) is 40.1 Å². The van der Waals surface area contributed by atoms with Crippen molar-refractivity contribution in [1.29, 1.82) is 0 Å². The molecule has 0 aromatic rings. The number of carbonyl (C=O) groups excluding carboxylic acids is 1. The van der Waals surface area contributed by atoms with E-state index in [1.165, 1.54) is 4.90 Å². The van der Waals surface area contributed by atoms with Gasteiger partial charge in [0.15, 0.2) is 0 Å². The average Bonchev–Trinajstić information content (AvgIpc) is 2.55. The van der Waals surface area contributed by atoms with E-state index in [0.29, 0.717) is 13.0 Å². The summed E-state index contributed by atoms with van der Waals surface area (Å²) in [5.41, 5.74) is -1.02. The largest absolute Gasteiger partial charge is 0.480 e. The van der Waals surface area contributed by atoms with Crippen molar-refractivity contribution in [1.82, 2.24) is 10.2 Å². The van der Waals surface area contributed by atoms with Crippen LogP contribution in [0.25, 0.3) is 0 Å². The van der Waals surface area contributed by atoms with Gasteiger partial charge < -0.3 is 15.3 Å². The van der Waals surface area contributed by atoms with Crippen molar-refractivity contribution >= 4 is 12.0 Å². The van der Waals surface area contributed by atoms with E-state index in [1.54, 1.807) is 6.92 Å². The summed E-state index contributed by atoms with van der Waals surface area (Å²) in [6, 6.07) is 0.0400. The SMILES string of the molecule is CC1(C(=O)O)CCCN1C(=O)NC1CCC1. The lowest BCUT2D eigenvalue weighted by atomic mass is 9.93. The lowest BCUT2D eigenvalue weighted by molar-refractivity contribution is -0.147. The molecule has 5 heteroatoms. The molecule has 0 bridgehead atoms. The number of likely N-dealkylation sites (tertiary alicyclic amines) is 1. The summed E-state index contributed by atoms with van der Waals surface area (Å²) in [6.07, 6.45) is 4.50. The van der Waals surface area contributed by atoms with Crippen LogP contribution in [0.4, 0.5) is 4.79 Å². The fraction of sp³-hybridized carbons (Fsp3) is 0.818. The molecule has 1 unspecified atom stereocenters. The molecule has 2 fully saturated rings. The summed E-state index contributed by atoms with van der Waals surface area (Å²) < 4.78 is 0. The lowest BCUT2D eigenvalue weighted by Crippen LogP contribution is -2.56. The molecule has 2 rings (SSSR count). The van der Waals surface area contributed by atoms with Crippen LogP contribution in [0.1, 0.15) is 39.0 Å². The molecule has 1 saturated carbocycles. The van der Waals surface area contributed by atoms with Crippen molar-refractivity contribution in [3.05, 3.63) is 0 Å². The van der Waals surface area contributed by atoms with Crippen molar-refractivity contribution < 1.29 is 14.7 Å². The highest BCUT2D eigenvalue weighted by Crippen LogP contribution is 2.29. The van der Waals surface area contributed by atoms with Gasteiger partial charge in [-0.2, -0.15) is 0 Å². The molecular weight excluding hydrogens is 208 g/mol. The standard InChI is InChI=1S/C11H18N2O3/c1-11(9(14)15)6-3-7-13(11)10(16)12-8-4-2-5-8/h8H,2-7H2,1H3,(H,12,16)(H,14,15). The Morgan fingerprint density at radius 1 is 1.38 bits per heavy atom. The lowest BCUT2D eigenvalue weighted by Gasteiger charge is -2.34. The number of urea groups is 1. The van der Waals surface area contributed by atoms with E-state index >= 15 is 0 Å². The number of carbonyl (C=O) groups is 2. The van der Waals surface area contributed by atoms with Crippen LogP contribution < -0.4 is 5.32 Å². The van der Waals surface area contributed by atoms with Crippen LogP contribution in [0.3, 0.4) is 0 Å². The third kappa shape index (κ3) is 1.74. The Kier molecular flexibility index (Phi) is 2.78. The topological polar surface area (TPSA) is 69.6 Å². The molecule has 1 saturated heterocycles. The Morgan fingerprint density at radius 3 is 2.56 bits per heavy atom. The zero-order chi connectivity index (χ0) is 11.8. The quantitative estimate of drug-likeness (QED) is 0.743. The zero-order valence-corrected chi connectivity index (χ0v) is 9.53. The third-order valence-corrected chi connectivity index (χ3v) is 3.78. The molecular formula is C11H18N2O3. The van der Waals surface area contributed by atoms with Gasteiger partial charge in [-0.1, -0.05) is 0 Å². The Morgan fingerprint density at radius 2 is 2.06 bits per heavy atom. The minimum atomic E-state index is -1.02. The molecule has 2 aliphatic rings. The van der Waals surface area contributed by atoms with Gasteiger partial charge in [0.05, 0.1) is 0 Å². The molecule has 1 heterocycles. The van der Waals surface area contributed by atoms with Gasteiger partial charge in [-0.15, -0.1) is 0 Å². The maximum Gasteiger partial charge on any atom is 0.329 e. The Hall–Kier alpha value is -1.26. The predicted molar refractivity (Wildman–Crippen MR) is 58.2 cm³/mol. The molecule has 5 nitrogen and oxygen atoms in total. The molecule has 1 atom stereocenters. The molecule has 1 aliphatic carbocycles. The smallest absolute Gasteiger partial charge is 0.329 e. The first-order valence-electron chi connectivity index (χ1n) is 5.85. The van der Waals surface area contributed by atoms with Crippen LogP contribution in [-0.2, 0) is 4.79 Å². The number of nitrogens with one attached hydrogen (secondary N) is 1. The second kappa shape index (κ2) is 3.96. The molecule has 2 N–H and O–H groups in total. The van der Waals surface area contributed by atoms with Gasteiger partial charge in [0, 0.05) is 12.6 Å². The number of aliphatic carboxylic acids is 1. The van der Waals surface area contributed by atoms with Crippen LogP contribution in [0, 0.1) is 0 Å². The van der Waals surface area contributed by atoms with Gasteiger partial charge in [-0.25, -0.2) is 9.59 Å². The second-order valence-electron chi connectivity index (χ2n) is 4.91. The Bertz CT molecular complexity index is 314. The number of rotatable bonds is 2. The first-order valence-corrected chi connectivity index (χ1v) is 5.85. The van der Waals surface area contributed by atoms with E-state index in [4.69, 9.17) is 0 Å². The molecule has 0 aromatic carbocycles. The fourth-order valence-electron chi connectivity index (χ4n) is 2.32. The number of carboxylic acids is 1. The predicted octanol–water partition coefficient (Wildman–Crippen LogP) is 1.19. The maximum absolute atomic E-state index is 11.9. The molecule has 1 aliphatic heterocycles. The van der Waals surface area contributed by atoms with Gasteiger partial charge >= 0.3 is 12.0 Å². The summed E-state index contributed by atoms with van der Waals surface area (Å²) in [6.45, 7) is 2.17. The number of carboxylic acid groups (broad SMARTS) is 1. The number of hydrogen-bond donors (Lipinski definition) is 2. The highest BCUT2D eigenvalue weighted by Gasteiger charge is 2.46. The van der Waals surface area contributed by atoms with E-state index in [1.807, 2.05) is 0 Å². The summed E-state index contributed by atoms with van der Waals surface area (Å²) in [7, 11) is 0. The highest BCUT2D eigenvalue weighted by molar-refractivity contribution is 5.86. The van der Waals surface area contributed by atoms with Crippen molar-refractivity contribution in [2.45, 2.75) is 50.6 Å². The normalized spacial score (nSPS) is 29.9. The summed E-state index contributed by atoms with van der Waals surface area (Å²) >= 11 is 0. The Labute approximate surface area is 94.8 Å². The van der Waals surface area contributed by atoms with Crippen LogP contribution in [0.2, 0.25) is 0 Å². The monoisotopic (exact) mass is 226 g/mol. The van der Waals surface area contributed by atoms with Crippen LogP contribution in [0.5, 0.6) is 0 Å². The molecule has 2 amide bonds. The zero-order valence-electron chi connectivity index (χ0n) is 9.53. The molecule has 0 spiro atoms. The van der Waals surface area contributed by atoms with E-state index in [9.17, 15) is 14.7 Å². The number of nitrogens with zero attached hydrogens (tertiary/aromatic N) is 1. The second-order valence-corrected chi connectivity index (χ2v) is 4.91. The van der Waals surface area contributed by atoms with Crippen LogP contribution >= 0.6 is 0 Å². The Balaban J connectivity index is 2.01. The van der Waals surface area contributed by atoms with E-state index in [2.05, 4.69) is 5.32 Å². The van der Waals surface area contributed by atoms with E-state index in [-0.39, 0.29) is 12.1 Å². The molecule has 16 heavy (non-hydrogen) atoms. The fourth-order valence-corrected chi connectivity index (χ4v) is 2.32. The average molecular weight is 226 g/mol. The first-order chi connectivity index (χ1) is 7.54. The minimum absolute atomic E-state index is 0.216. The van der Waals surface area contributed by atoms with Crippen molar-refractivity contribution in [2.24, 2.45) is 0 Å². The summed E-state index contributed by atoms with van der Waals surface area (Å²) in [5, 5.41) is 12.1. The van der Waals surface area contributed by atoms with Gasteiger partial charge in [0.25, 0.3) is 0 Å². The number of hydrogen-bond acceptors (Lipinski definition) is 2. The van der Waals surface area contributed by atoms with Crippen LogP contribution in [0.15, 0.2) is 0 Å². The third-order valence-electron chi connectivity index (χ3n) is 3.78. The first kappa shape index (κ1) is 11.2.